The van der Waals surface area contributed by atoms with Gasteiger partial charge >= 0.3 is 0 Å². The topological polar surface area (TPSA) is 27.7 Å². The third-order valence-corrected chi connectivity index (χ3v) is 17.9. The van der Waals surface area contributed by atoms with Crippen LogP contribution in [0.15, 0.2) is 12.1 Å². The standard InChI is InChI=1S/C34H62O3Si2/c1-13-15-16-17-18-19-20-21-22-23-24-35-32-30(27-36-38(9,10)33(3,4)5)25-29(14-2)26-31(32)28-37-39(11,12)34(6,7)8/h2,25-26H,13,15-24,27-28H2,1,3-12H3. The van der Waals surface area contributed by atoms with Crippen molar-refractivity contribution in [2.24, 2.45) is 0 Å². The Morgan fingerprint density at radius 2 is 1.05 bits per heavy atom. The second kappa shape index (κ2) is 16.4. The Hall–Kier alpha value is -1.07. The molecule has 0 aromatic heterocycles. The van der Waals surface area contributed by atoms with Crippen molar-refractivity contribution in [2.75, 3.05) is 6.61 Å². The van der Waals surface area contributed by atoms with Crippen molar-refractivity contribution >= 4 is 16.6 Å². The van der Waals surface area contributed by atoms with Crippen LogP contribution in [0.5, 0.6) is 5.75 Å². The predicted molar refractivity (Wildman–Crippen MR) is 176 cm³/mol. The highest BCUT2D eigenvalue weighted by molar-refractivity contribution is 6.74. The number of ether oxygens (including phenoxy) is 1. The summed E-state index contributed by atoms with van der Waals surface area (Å²) in [6, 6.07) is 4.16. The van der Waals surface area contributed by atoms with Crippen molar-refractivity contribution in [1.82, 2.24) is 0 Å². The van der Waals surface area contributed by atoms with Crippen LogP contribution in [0.3, 0.4) is 0 Å². The van der Waals surface area contributed by atoms with E-state index in [1.54, 1.807) is 0 Å². The summed E-state index contributed by atoms with van der Waals surface area (Å²) in [6.07, 6.45) is 19.0. The number of unbranched alkanes of at least 4 members (excludes halogenated alkanes) is 9. The van der Waals surface area contributed by atoms with Gasteiger partial charge in [-0.1, -0.05) is 112 Å². The fourth-order valence-corrected chi connectivity index (χ4v) is 5.85. The molecule has 0 saturated carbocycles. The summed E-state index contributed by atoms with van der Waals surface area (Å²) >= 11 is 0. The van der Waals surface area contributed by atoms with Gasteiger partial charge in [-0.05, 0) is 54.8 Å². The quantitative estimate of drug-likeness (QED) is 0.0991. The number of hydrogen-bond acceptors (Lipinski definition) is 3. The van der Waals surface area contributed by atoms with E-state index in [0.29, 0.717) is 19.8 Å². The van der Waals surface area contributed by atoms with Crippen LogP contribution in [0.25, 0.3) is 0 Å². The summed E-state index contributed by atoms with van der Waals surface area (Å²) in [5.41, 5.74) is 2.97. The van der Waals surface area contributed by atoms with Crippen molar-refractivity contribution in [3.05, 3.63) is 28.8 Å². The monoisotopic (exact) mass is 574 g/mol. The number of terminal acetylenes is 1. The summed E-state index contributed by atoms with van der Waals surface area (Å²) in [6.45, 7) is 26.9. The molecule has 0 aliphatic carbocycles. The van der Waals surface area contributed by atoms with Crippen LogP contribution in [-0.2, 0) is 22.1 Å². The maximum Gasteiger partial charge on any atom is 0.192 e. The van der Waals surface area contributed by atoms with Gasteiger partial charge in [-0.3, -0.25) is 0 Å². The molecule has 0 fully saturated rings. The Labute approximate surface area is 245 Å². The number of rotatable bonds is 18. The lowest BCUT2D eigenvalue weighted by Crippen LogP contribution is -2.40. The minimum absolute atomic E-state index is 0.141. The first-order valence-corrected chi connectivity index (χ1v) is 21.4. The molecule has 3 nitrogen and oxygen atoms in total. The Bertz CT molecular complexity index is 834. The Morgan fingerprint density at radius 3 is 1.41 bits per heavy atom. The molecule has 1 rings (SSSR count). The summed E-state index contributed by atoms with van der Waals surface area (Å²) in [4.78, 5) is 0. The predicted octanol–water partition coefficient (Wildman–Crippen LogP) is 11.0. The molecule has 5 heteroatoms. The lowest BCUT2D eigenvalue weighted by atomic mass is 10.0. The molecule has 0 radical (unpaired) electrons. The molecular formula is C34H62O3Si2. The van der Waals surface area contributed by atoms with Gasteiger partial charge < -0.3 is 13.6 Å². The van der Waals surface area contributed by atoms with Gasteiger partial charge in [0.2, 0.25) is 0 Å². The minimum Gasteiger partial charge on any atom is -0.493 e. The van der Waals surface area contributed by atoms with E-state index in [1.807, 2.05) is 0 Å². The van der Waals surface area contributed by atoms with E-state index in [4.69, 9.17) is 20.0 Å². The van der Waals surface area contributed by atoms with Crippen molar-refractivity contribution in [3.8, 4) is 18.1 Å². The first-order chi connectivity index (χ1) is 18.1. The SMILES string of the molecule is C#Cc1cc(CO[Si](C)(C)C(C)(C)C)c(OCCCCCCCCCCCC)c(CO[Si](C)(C)C(C)(C)C)c1. The third-order valence-electron chi connectivity index (χ3n) is 8.94. The van der Waals surface area contributed by atoms with Gasteiger partial charge in [-0.25, -0.2) is 0 Å². The minimum atomic E-state index is -1.93. The van der Waals surface area contributed by atoms with Crippen molar-refractivity contribution in [3.63, 3.8) is 0 Å². The molecule has 0 N–H and O–H groups in total. The highest BCUT2D eigenvalue weighted by Gasteiger charge is 2.38. The molecule has 0 spiro atoms. The van der Waals surface area contributed by atoms with E-state index in [9.17, 15) is 0 Å². The Kier molecular flexibility index (Phi) is 15.1. The van der Waals surface area contributed by atoms with Gasteiger partial charge in [0.05, 0.1) is 19.8 Å². The summed E-state index contributed by atoms with van der Waals surface area (Å²) in [5.74, 6) is 3.78. The summed E-state index contributed by atoms with van der Waals surface area (Å²) < 4.78 is 19.8. The van der Waals surface area contributed by atoms with Gasteiger partial charge in [-0.2, -0.15) is 0 Å². The van der Waals surface area contributed by atoms with Gasteiger partial charge in [0.25, 0.3) is 0 Å². The second-order valence-corrected chi connectivity index (χ2v) is 24.0. The molecule has 0 unspecified atom stereocenters. The van der Waals surface area contributed by atoms with Crippen molar-refractivity contribution in [1.29, 1.82) is 0 Å². The average Bonchev–Trinajstić information content (AvgIpc) is 2.83. The van der Waals surface area contributed by atoms with Gasteiger partial charge in [0, 0.05) is 16.7 Å². The summed E-state index contributed by atoms with van der Waals surface area (Å²) in [5, 5.41) is 0.282. The normalized spacial score (nSPS) is 13.0. The number of benzene rings is 1. The third kappa shape index (κ3) is 12.5. The Morgan fingerprint density at radius 1 is 0.667 bits per heavy atom. The van der Waals surface area contributed by atoms with Gasteiger partial charge in [0.1, 0.15) is 5.75 Å². The van der Waals surface area contributed by atoms with E-state index in [0.717, 1.165) is 28.9 Å². The first-order valence-electron chi connectivity index (χ1n) is 15.6. The molecular weight excluding hydrogens is 513 g/mol. The average molecular weight is 575 g/mol. The molecule has 0 saturated heterocycles. The largest absolute Gasteiger partial charge is 0.493 e. The van der Waals surface area contributed by atoms with Gasteiger partial charge in [-0.15, -0.1) is 6.42 Å². The fraction of sp³-hybridized carbons (Fsp3) is 0.765. The maximum atomic E-state index is 6.64. The fourth-order valence-electron chi connectivity index (χ4n) is 3.95. The van der Waals surface area contributed by atoms with E-state index in [2.05, 4.69) is 92.7 Å². The van der Waals surface area contributed by atoms with Crippen LogP contribution >= 0.6 is 0 Å². The number of hydrogen-bond donors (Lipinski definition) is 0. The van der Waals surface area contributed by atoms with E-state index in [-0.39, 0.29) is 10.1 Å². The van der Waals surface area contributed by atoms with E-state index in [1.165, 1.54) is 57.8 Å². The van der Waals surface area contributed by atoms with E-state index >= 15 is 0 Å². The lowest BCUT2D eigenvalue weighted by Gasteiger charge is -2.37. The smallest absolute Gasteiger partial charge is 0.192 e. The van der Waals surface area contributed by atoms with Crippen LogP contribution < -0.4 is 4.74 Å². The lowest BCUT2D eigenvalue weighted by molar-refractivity contribution is 0.243. The molecule has 1 aromatic carbocycles. The van der Waals surface area contributed by atoms with E-state index < -0.39 is 16.6 Å². The van der Waals surface area contributed by atoms with Crippen LogP contribution in [0.4, 0.5) is 0 Å². The zero-order chi connectivity index (χ0) is 29.7. The van der Waals surface area contributed by atoms with Crippen molar-refractivity contribution in [2.45, 2.75) is 162 Å². The molecule has 224 valence electrons. The first kappa shape index (κ1) is 36.0. The van der Waals surface area contributed by atoms with Crippen molar-refractivity contribution < 1.29 is 13.6 Å². The van der Waals surface area contributed by atoms with Gasteiger partial charge in [0.15, 0.2) is 16.6 Å². The molecule has 0 heterocycles. The maximum absolute atomic E-state index is 6.64. The summed E-state index contributed by atoms with van der Waals surface area (Å²) in [7, 11) is -3.86. The molecule has 0 atom stereocenters. The van der Waals surface area contributed by atoms with Crippen LogP contribution in [0.2, 0.25) is 36.3 Å². The molecule has 1 aromatic rings. The van der Waals surface area contributed by atoms with Crippen LogP contribution in [-0.4, -0.2) is 23.2 Å². The molecule has 0 bridgehead atoms. The highest BCUT2D eigenvalue weighted by atomic mass is 28.4. The second-order valence-electron chi connectivity index (χ2n) is 14.4. The van der Waals surface area contributed by atoms with Crippen LogP contribution in [0.1, 0.15) is 129 Å². The zero-order valence-electron chi connectivity index (χ0n) is 27.6. The molecule has 39 heavy (non-hydrogen) atoms. The molecule has 0 amide bonds. The zero-order valence-corrected chi connectivity index (χ0v) is 29.6. The molecule has 0 aliphatic rings. The van der Waals surface area contributed by atoms with Crippen LogP contribution in [0, 0.1) is 12.3 Å². The highest BCUT2D eigenvalue weighted by Crippen LogP contribution is 2.40. The molecule has 0 aliphatic heterocycles. The Balaban J connectivity index is 2.97.